The largest absolute Gasteiger partial charge is 0.336 e. The number of aromatic amines is 1. The Hall–Kier alpha value is -3.66. The molecule has 2 N–H and O–H groups in total. The molecule has 1 aliphatic carbocycles. The average Bonchev–Trinajstić information content (AvgIpc) is 3.49. The van der Waals surface area contributed by atoms with Crippen LogP contribution < -0.4 is 10.9 Å². The van der Waals surface area contributed by atoms with Crippen LogP contribution in [0.2, 0.25) is 0 Å². The highest BCUT2D eigenvalue weighted by Crippen LogP contribution is 2.43. The van der Waals surface area contributed by atoms with Gasteiger partial charge in [-0.05, 0) is 37.0 Å². The highest BCUT2D eigenvalue weighted by Gasteiger charge is 2.34. The molecule has 1 aromatic carbocycles. The van der Waals surface area contributed by atoms with Crippen molar-refractivity contribution in [2.24, 2.45) is 5.92 Å². The summed E-state index contributed by atoms with van der Waals surface area (Å²) in [5.41, 5.74) is 2.14. The van der Waals surface area contributed by atoms with Crippen LogP contribution in [-0.4, -0.2) is 19.7 Å². The summed E-state index contributed by atoms with van der Waals surface area (Å²) in [5, 5.41) is 18.8. The van der Waals surface area contributed by atoms with E-state index in [2.05, 4.69) is 21.4 Å². The highest BCUT2D eigenvalue weighted by molar-refractivity contribution is 5.96. The lowest BCUT2D eigenvalue weighted by Gasteiger charge is -2.14. The van der Waals surface area contributed by atoms with Crippen LogP contribution >= 0.6 is 0 Å². The number of aromatic nitrogens is 4. The third-order valence-electron chi connectivity index (χ3n) is 5.30. The summed E-state index contributed by atoms with van der Waals surface area (Å²) in [6, 6.07) is 13.8. The lowest BCUT2D eigenvalue weighted by molar-refractivity contribution is 0.426. The minimum absolute atomic E-state index is 0.0181. The number of anilines is 2. The second-order valence-electron chi connectivity index (χ2n) is 7.13. The van der Waals surface area contributed by atoms with Gasteiger partial charge in [-0.2, -0.15) is 10.4 Å². The number of H-pyrrole nitrogens is 1. The molecule has 0 radical (unpaired) electrons. The minimum Gasteiger partial charge on any atom is -0.336 e. The van der Waals surface area contributed by atoms with Crippen molar-refractivity contribution < 1.29 is 0 Å². The number of fused-ring (bicyclic) bond motifs is 2. The number of hydrogen-bond donors (Lipinski definition) is 2. The fourth-order valence-electron chi connectivity index (χ4n) is 3.80. The number of benzene rings is 1. The van der Waals surface area contributed by atoms with E-state index in [9.17, 15) is 10.1 Å². The summed E-state index contributed by atoms with van der Waals surface area (Å²) in [6.07, 6.45) is 5.93. The topological polar surface area (TPSA) is 99.4 Å². The van der Waals surface area contributed by atoms with Gasteiger partial charge < -0.3 is 10.3 Å². The number of nitrogens with zero attached hydrogens (tertiary/aromatic N) is 4. The summed E-state index contributed by atoms with van der Waals surface area (Å²) >= 11 is 0. The smallest absolute Gasteiger partial charge is 0.261 e. The normalized spacial score (nSPS) is 14.8. The van der Waals surface area contributed by atoms with Gasteiger partial charge in [-0.25, -0.2) is 0 Å². The average molecular weight is 370 g/mol. The quantitative estimate of drug-likeness (QED) is 0.555. The van der Waals surface area contributed by atoms with Gasteiger partial charge in [0, 0.05) is 17.8 Å². The van der Waals surface area contributed by atoms with Gasteiger partial charge in [0.05, 0.1) is 35.3 Å². The molecule has 28 heavy (non-hydrogen) atoms. The van der Waals surface area contributed by atoms with Gasteiger partial charge in [0.2, 0.25) is 0 Å². The molecule has 3 aromatic heterocycles. The van der Waals surface area contributed by atoms with Crippen LogP contribution in [0.3, 0.4) is 0 Å². The first-order chi connectivity index (χ1) is 13.8. The highest BCUT2D eigenvalue weighted by atomic mass is 16.1. The molecule has 0 bridgehead atoms. The summed E-state index contributed by atoms with van der Waals surface area (Å²) in [5.74, 6) is 0.924. The van der Waals surface area contributed by atoms with E-state index in [0.717, 1.165) is 34.9 Å². The van der Waals surface area contributed by atoms with Crippen LogP contribution in [0.1, 0.15) is 25.3 Å². The van der Waals surface area contributed by atoms with Crippen molar-refractivity contribution in [2.45, 2.75) is 25.3 Å². The molecule has 4 aromatic rings. The molecule has 0 saturated heterocycles. The summed E-state index contributed by atoms with van der Waals surface area (Å²) in [4.78, 5) is 19.8. The Bertz CT molecular complexity index is 1270. The Labute approximate surface area is 160 Å². The molecule has 1 fully saturated rings. The zero-order valence-electron chi connectivity index (χ0n) is 15.1. The number of para-hydroxylation sites is 1. The predicted octanol–water partition coefficient (Wildman–Crippen LogP) is 3.88. The minimum atomic E-state index is -0.203. The van der Waals surface area contributed by atoms with E-state index in [0.29, 0.717) is 23.5 Å². The third-order valence-corrected chi connectivity index (χ3v) is 5.30. The van der Waals surface area contributed by atoms with Crippen LogP contribution in [-0.2, 0) is 0 Å². The fraction of sp³-hybridized carbons (Fsp3) is 0.238. The van der Waals surface area contributed by atoms with Gasteiger partial charge in [0.15, 0.2) is 5.82 Å². The fourth-order valence-corrected chi connectivity index (χ4v) is 3.80. The zero-order valence-corrected chi connectivity index (χ0v) is 15.1. The maximum atomic E-state index is 12.6. The molecular weight excluding hydrogens is 352 g/mol. The predicted molar refractivity (Wildman–Crippen MR) is 107 cm³/mol. The molecule has 1 aliphatic rings. The molecule has 3 heterocycles. The maximum absolute atomic E-state index is 12.6. The lowest BCUT2D eigenvalue weighted by atomic mass is 10.1. The molecule has 0 spiro atoms. The first-order valence-corrected chi connectivity index (χ1v) is 9.34. The summed E-state index contributed by atoms with van der Waals surface area (Å²) in [7, 11) is 0. The van der Waals surface area contributed by atoms with Gasteiger partial charge >= 0.3 is 0 Å². The van der Waals surface area contributed by atoms with Gasteiger partial charge in [0.25, 0.3) is 5.56 Å². The standard InChI is InChI=1S/C21H18N6O/c22-10-8-16(13-6-7-13)27-17-9-12-24-21(28)18(17)20(26-27)25-15-5-1-3-14-4-2-11-23-19(14)15/h1-5,9,11-13,16H,6-8H2,(H,24,28)(H,25,26). The lowest BCUT2D eigenvalue weighted by Crippen LogP contribution is -2.13. The molecule has 138 valence electrons. The van der Waals surface area contributed by atoms with Crippen molar-refractivity contribution in [2.75, 3.05) is 5.32 Å². The van der Waals surface area contributed by atoms with Crippen molar-refractivity contribution in [1.29, 1.82) is 5.26 Å². The monoisotopic (exact) mass is 370 g/mol. The third kappa shape index (κ3) is 2.70. The van der Waals surface area contributed by atoms with E-state index in [-0.39, 0.29) is 11.6 Å². The van der Waals surface area contributed by atoms with E-state index >= 15 is 0 Å². The van der Waals surface area contributed by atoms with Gasteiger partial charge in [-0.15, -0.1) is 0 Å². The van der Waals surface area contributed by atoms with Crippen molar-refractivity contribution in [1.82, 2.24) is 19.7 Å². The Morgan fingerprint density at radius 3 is 2.96 bits per heavy atom. The molecule has 1 unspecified atom stereocenters. The SMILES string of the molecule is N#CCC(C1CC1)n1nc(Nc2cccc3cccnc23)c2c(=O)[nH]ccc21. The van der Waals surface area contributed by atoms with Crippen LogP contribution in [0, 0.1) is 17.2 Å². The molecule has 0 aliphatic heterocycles. The summed E-state index contributed by atoms with van der Waals surface area (Å²) in [6.45, 7) is 0. The zero-order chi connectivity index (χ0) is 19.1. The van der Waals surface area contributed by atoms with Crippen LogP contribution in [0.5, 0.6) is 0 Å². The second-order valence-corrected chi connectivity index (χ2v) is 7.13. The first kappa shape index (κ1) is 16.5. The molecule has 5 rings (SSSR count). The molecule has 1 saturated carbocycles. The second kappa shape index (κ2) is 6.50. The van der Waals surface area contributed by atoms with Crippen LogP contribution in [0.15, 0.2) is 53.6 Å². The number of nitriles is 1. The van der Waals surface area contributed by atoms with E-state index in [1.54, 1.807) is 12.4 Å². The van der Waals surface area contributed by atoms with E-state index in [1.807, 2.05) is 41.1 Å². The van der Waals surface area contributed by atoms with Gasteiger partial charge in [-0.3, -0.25) is 14.5 Å². The summed E-state index contributed by atoms with van der Waals surface area (Å²) < 4.78 is 1.85. The Kier molecular flexibility index (Phi) is 3.83. The van der Waals surface area contributed by atoms with E-state index in [1.165, 1.54) is 0 Å². The van der Waals surface area contributed by atoms with E-state index in [4.69, 9.17) is 5.10 Å². The molecule has 7 nitrogen and oxygen atoms in total. The number of pyridine rings is 2. The number of nitrogens with one attached hydrogen (secondary N) is 2. The van der Waals surface area contributed by atoms with Crippen LogP contribution in [0.4, 0.5) is 11.5 Å². The Morgan fingerprint density at radius 2 is 2.14 bits per heavy atom. The van der Waals surface area contributed by atoms with Gasteiger partial charge in [-0.1, -0.05) is 18.2 Å². The van der Waals surface area contributed by atoms with Crippen molar-refractivity contribution in [3.05, 3.63) is 59.1 Å². The maximum Gasteiger partial charge on any atom is 0.261 e. The van der Waals surface area contributed by atoms with Gasteiger partial charge in [0.1, 0.15) is 5.39 Å². The van der Waals surface area contributed by atoms with Crippen molar-refractivity contribution in [3.63, 3.8) is 0 Å². The Balaban J connectivity index is 1.67. The van der Waals surface area contributed by atoms with Crippen molar-refractivity contribution in [3.8, 4) is 6.07 Å². The molecule has 7 heteroatoms. The molecular formula is C21H18N6O. The van der Waals surface area contributed by atoms with Crippen molar-refractivity contribution >= 4 is 33.3 Å². The molecule has 0 amide bonds. The number of rotatable bonds is 5. The number of hydrogen-bond acceptors (Lipinski definition) is 5. The van der Waals surface area contributed by atoms with E-state index < -0.39 is 0 Å². The molecule has 1 atom stereocenters. The van der Waals surface area contributed by atoms with Crippen LogP contribution in [0.25, 0.3) is 21.8 Å². The first-order valence-electron chi connectivity index (χ1n) is 9.34. The Morgan fingerprint density at radius 1 is 1.29 bits per heavy atom.